The molecule has 1 amide bonds. The average molecular weight is 544 g/mol. The summed E-state index contributed by atoms with van der Waals surface area (Å²) in [6, 6.07) is 11.9. The monoisotopic (exact) mass is 543 g/mol. The first-order valence-corrected chi connectivity index (χ1v) is 12.9. The Morgan fingerprint density at radius 1 is 1.20 bits per heavy atom. The molecule has 1 aliphatic heterocycles. The average Bonchev–Trinajstić information content (AvgIpc) is 3.55. The van der Waals surface area contributed by atoms with Gasteiger partial charge in [0, 0.05) is 12.1 Å². The SMILES string of the molecule is CC(C)C=C(C#N)C(=O)N1CCCC1Cn1nc(-c2ccc(Oc3c(F)cccc3F)cc2)c2c(N)ncnc21. The molecule has 204 valence electrons. The van der Waals surface area contributed by atoms with Gasteiger partial charge in [0.25, 0.3) is 5.91 Å². The van der Waals surface area contributed by atoms with Crippen molar-refractivity contribution in [3.05, 3.63) is 72.1 Å². The Hall–Kier alpha value is -4.85. The van der Waals surface area contributed by atoms with Gasteiger partial charge in [-0.25, -0.2) is 23.4 Å². The summed E-state index contributed by atoms with van der Waals surface area (Å²) in [5.41, 5.74) is 8.07. The molecular weight excluding hydrogens is 516 g/mol. The number of fused-ring (bicyclic) bond motifs is 1. The number of nitrogen functional groups attached to an aromatic ring is 1. The number of likely N-dealkylation sites (tertiary alicyclic amines) is 1. The van der Waals surface area contributed by atoms with Crippen LogP contribution in [-0.4, -0.2) is 43.1 Å². The van der Waals surface area contributed by atoms with Crippen LogP contribution >= 0.6 is 0 Å². The predicted molar refractivity (Wildman–Crippen MR) is 145 cm³/mol. The quantitative estimate of drug-likeness (QED) is 0.250. The van der Waals surface area contributed by atoms with Gasteiger partial charge < -0.3 is 15.4 Å². The molecule has 1 atom stereocenters. The molecule has 3 heterocycles. The third-order valence-electron chi connectivity index (χ3n) is 6.70. The second-order valence-corrected chi connectivity index (χ2v) is 9.90. The van der Waals surface area contributed by atoms with Gasteiger partial charge >= 0.3 is 0 Å². The molecule has 2 aromatic heterocycles. The molecular formula is C29H27F2N7O2. The number of anilines is 1. The molecule has 0 spiro atoms. The molecule has 0 radical (unpaired) electrons. The maximum absolute atomic E-state index is 14.0. The summed E-state index contributed by atoms with van der Waals surface area (Å²) < 4.78 is 35.2. The van der Waals surface area contributed by atoms with Crippen molar-refractivity contribution < 1.29 is 18.3 Å². The molecule has 1 saturated heterocycles. The fourth-order valence-corrected chi connectivity index (χ4v) is 4.88. The van der Waals surface area contributed by atoms with E-state index in [1.807, 2.05) is 19.9 Å². The fraction of sp³-hybridized carbons (Fsp3) is 0.276. The summed E-state index contributed by atoms with van der Waals surface area (Å²) in [6.45, 7) is 4.75. The van der Waals surface area contributed by atoms with Gasteiger partial charge in [-0.1, -0.05) is 26.0 Å². The van der Waals surface area contributed by atoms with Crippen LogP contribution in [0.5, 0.6) is 11.5 Å². The Morgan fingerprint density at radius 2 is 1.93 bits per heavy atom. The lowest BCUT2D eigenvalue weighted by atomic mass is 10.1. The van der Waals surface area contributed by atoms with Crippen molar-refractivity contribution in [2.45, 2.75) is 39.3 Å². The first kappa shape index (κ1) is 26.7. The minimum absolute atomic E-state index is 0.0690. The predicted octanol–water partition coefficient (Wildman–Crippen LogP) is 5.24. The van der Waals surface area contributed by atoms with Crippen molar-refractivity contribution in [2.75, 3.05) is 12.3 Å². The van der Waals surface area contributed by atoms with Gasteiger partial charge in [0.05, 0.1) is 18.0 Å². The lowest BCUT2D eigenvalue weighted by Crippen LogP contribution is -2.39. The van der Waals surface area contributed by atoms with E-state index >= 15 is 0 Å². The smallest absolute Gasteiger partial charge is 0.264 e. The third kappa shape index (κ3) is 5.20. The van der Waals surface area contributed by atoms with Crippen molar-refractivity contribution in [3.8, 4) is 28.8 Å². The van der Waals surface area contributed by atoms with E-state index < -0.39 is 17.4 Å². The second-order valence-electron chi connectivity index (χ2n) is 9.90. The van der Waals surface area contributed by atoms with E-state index in [2.05, 4.69) is 9.97 Å². The number of nitrogens with zero attached hydrogens (tertiary/aromatic N) is 6. The van der Waals surface area contributed by atoms with Crippen LogP contribution in [0.2, 0.25) is 0 Å². The molecule has 2 aromatic carbocycles. The number of allylic oxidation sites excluding steroid dienone is 1. The molecule has 1 fully saturated rings. The summed E-state index contributed by atoms with van der Waals surface area (Å²) >= 11 is 0. The standard InChI is InChI=1S/C29H27F2N7O2/c1-17(2)13-19(14-32)29(39)37-12-4-5-20(37)15-38-28-24(27(33)34-16-35-28)25(36-38)18-8-10-21(11-9-18)40-26-22(30)6-3-7-23(26)31/h3,6-11,13,16-17,20H,4-5,12,15H2,1-2H3,(H2,33,34,35). The van der Waals surface area contributed by atoms with Crippen molar-refractivity contribution >= 4 is 22.8 Å². The van der Waals surface area contributed by atoms with Crippen LogP contribution in [0.15, 0.2) is 60.4 Å². The summed E-state index contributed by atoms with van der Waals surface area (Å²) in [6.07, 6.45) is 4.60. The van der Waals surface area contributed by atoms with Gasteiger partial charge in [0.15, 0.2) is 23.0 Å². The lowest BCUT2D eigenvalue weighted by Gasteiger charge is -2.24. The third-order valence-corrected chi connectivity index (χ3v) is 6.70. The van der Waals surface area contributed by atoms with Crippen LogP contribution in [0, 0.1) is 28.9 Å². The number of halogens is 2. The van der Waals surface area contributed by atoms with E-state index in [9.17, 15) is 18.8 Å². The van der Waals surface area contributed by atoms with Crippen molar-refractivity contribution in [1.29, 1.82) is 5.26 Å². The van der Waals surface area contributed by atoms with Gasteiger partial charge in [-0.05, 0) is 55.2 Å². The largest absolute Gasteiger partial charge is 0.451 e. The minimum Gasteiger partial charge on any atom is -0.451 e. The van der Waals surface area contributed by atoms with Gasteiger partial charge in [-0.2, -0.15) is 10.4 Å². The molecule has 11 heteroatoms. The number of carbonyl (C=O) groups is 1. The number of hydrogen-bond acceptors (Lipinski definition) is 7. The number of hydrogen-bond donors (Lipinski definition) is 1. The van der Waals surface area contributed by atoms with E-state index in [1.165, 1.54) is 12.4 Å². The summed E-state index contributed by atoms with van der Waals surface area (Å²) in [5, 5.41) is 14.9. The number of benzene rings is 2. The van der Waals surface area contributed by atoms with E-state index in [4.69, 9.17) is 15.6 Å². The van der Waals surface area contributed by atoms with Gasteiger partial charge in [-0.15, -0.1) is 0 Å². The van der Waals surface area contributed by atoms with Crippen LogP contribution in [0.1, 0.15) is 26.7 Å². The summed E-state index contributed by atoms with van der Waals surface area (Å²) in [5.74, 6) is -1.83. The Labute approximate surface area is 229 Å². The zero-order valence-corrected chi connectivity index (χ0v) is 22.0. The lowest BCUT2D eigenvalue weighted by molar-refractivity contribution is -0.127. The van der Waals surface area contributed by atoms with E-state index in [0.717, 1.165) is 25.0 Å². The highest BCUT2D eigenvalue weighted by atomic mass is 19.1. The van der Waals surface area contributed by atoms with Crippen LogP contribution in [0.25, 0.3) is 22.3 Å². The molecule has 9 nitrogen and oxygen atoms in total. The highest BCUT2D eigenvalue weighted by Gasteiger charge is 2.32. The number of nitriles is 1. The number of nitrogens with two attached hydrogens (primary N) is 1. The zero-order valence-electron chi connectivity index (χ0n) is 22.0. The molecule has 2 N–H and O–H groups in total. The molecule has 1 aliphatic rings. The van der Waals surface area contributed by atoms with Crippen LogP contribution in [0.4, 0.5) is 14.6 Å². The Kier molecular flexibility index (Phi) is 7.42. The normalized spacial score (nSPS) is 15.6. The Bertz CT molecular complexity index is 1620. The van der Waals surface area contributed by atoms with Crippen LogP contribution in [-0.2, 0) is 11.3 Å². The van der Waals surface area contributed by atoms with Gasteiger partial charge in [0.1, 0.15) is 35.2 Å². The van der Waals surface area contributed by atoms with E-state index in [-0.39, 0.29) is 35.0 Å². The maximum Gasteiger partial charge on any atom is 0.264 e. The number of carbonyl (C=O) groups excluding carboxylic acids is 1. The molecule has 1 unspecified atom stereocenters. The van der Waals surface area contributed by atoms with Gasteiger partial charge in [0.2, 0.25) is 0 Å². The molecule has 40 heavy (non-hydrogen) atoms. The Balaban J connectivity index is 1.45. The molecule has 0 saturated carbocycles. The molecule has 0 aliphatic carbocycles. The van der Waals surface area contributed by atoms with Crippen molar-refractivity contribution in [2.24, 2.45) is 5.92 Å². The number of amides is 1. The minimum atomic E-state index is -0.806. The molecule has 0 bridgehead atoms. The van der Waals surface area contributed by atoms with Gasteiger partial charge in [-0.3, -0.25) is 4.79 Å². The number of ether oxygens (including phenoxy) is 1. The van der Waals surface area contributed by atoms with E-state index in [1.54, 1.807) is 39.9 Å². The summed E-state index contributed by atoms with van der Waals surface area (Å²) in [7, 11) is 0. The van der Waals surface area contributed by atoms with E-state index in [0.29, 0.717) is 35.4 Å². The number of para-hydroxylation sites is 1. The van der Waals surface area contributed by atoms with Crippen LogP contribution in [0.3, 0.4) is 0 Å². The maximum atomic E-state index is 14.0. The van der Waals surface area contributed by atoms with Crippen LogP contribution < -0.4 is 10.5 Å². The number of rotatable bonds is 7. The second kappa shape index (κ2) is 11.1. The fourth-order valence-electron chi connectivity index (χ4n) is 4.88. The first-order chi connectivity index (χ1) is 19.3. The first-order valence-electron chi connectivity index (χ1n) is 12.9. The highest BCUT2D eigenvalue weighted by molar-refractivity contribution is 5.99. The van der Waals surface area contributed by atoms with Crippen molar-refractivity contribution in [3.63, 3.8) is 0 Å². The molecule has 5 rings (SSSR count). The highest BCUT2D eigenvalue weighted by Crippen LogP contribution is 2.34. The molecule has 4 aromatic rings. The summed E-state index contributed by atoms with van der Waals surface area (Å²) in [4.78, 5) is 23.4. The topological polar surface area (TPSA) is 123 Å². The zero-order chi connectivity index (χ0) is 28.4. The van der Waals surface area contributed by atoms with Crippen molar-refractivity contribution in [1.82, 2.24) is 24.6 Å². The number of aromatic nitrogens is 4. The Morgan fingerprint density at radius 3 is 2.60 bits per heavy atom.